The molecule has 1 atom stereocenters. The molecule has 0 radical (unpaired) electrons. The third kappa shape index (κ3) is 2.72. The summed E-state index contributed by atoms with van der Waals surface area (Å²) in [4.78, 5) is 16.0. The van der Waals surface area contributed by atoms with Gasteiger partial charge >= 0.3 is 6.09 Å². The first-order valence-electron chi connectivity index (χ1n) is 7.89. The molecule has 0 bridgehead atoms. The maximum Gasteiger partial charge on any atom is 0.406 e. The van der Waals surface area contributed by atoms with Crippen molar-refractivity contribution in [3.63, 3.8) is 0 Å². The van der Waals surface area contributed by atoms with E-state index in [9.17, 15) is 9.90 Å². The van der Waals surface area contributed by atoms with Crippen molar-refractivity contribution in [1.82, 2.24) is 20.1 Å². The Balaban J connectivity index is 2.04. The van der Waals surface area contributed by atoms with Crippen LogP contribution in [0.25, 0.3) is 5.69 Å². The second-order valence-corrected chi connectivity index (χ2v) is 6.23. The molecule has 4 rings (SSSR count). The molecule has 1 aliphatic rings. The topological polar surface area (TPSA) is 92.4 Å². The first-order valence-corrected chi connectivity index (χ1v) is 8.27. The smallest absolute Gasteiger partial charge is 0.406 e. The van der Waals surface area contributed by atoms with Crippen LogP contribution in [0.3, 0.4) is 0 Å². The van der Waals surface area contributed by atoms with Crippen molar-refractivity contribution in [2.45, 2.75) is 13.1 Å². The molecule has 1 aliphatic heterocycles. The van der Waals surface area contributed by atoms with Crippen LogP contribution in [0.4, 0.5) is 4.79 Å². The molecule has 0 spiro atoms. The van der Waals surface area contributed by atoms with Crippen LogP contribution in [0.5, 0.6) is 0 Å². The lowest BCUT2D eigenvalue weighted by atomic mass is 10.0. The molecule has 130 valence electrons. The zero-order valence-corrected chi connectivity index (χ0v) is 14.5. The van der Waals surface area contributed by atoms with Crippen molar-refractivity contribution in [2.24, 2.45) is 4.99 Å². The van der Waals surface area contributed by atoms with Crippen LogP contribution in [-0.4, -0.2) is 31.7 Å². The minimum absolute atomic E-state index is 0.402. The predicted octanol–water partition coefficient (Wildman–Crippen LogP) is 3.35. The number of aromatic nitrogens is 3. The summed E-state index contributed by atoms with van der Waals surface area (Å²) in [5, 5.41) is 20.5. The van der Waals surface area contributed by atoms with E-state index in [1.54, 1.807) is 17.6 Å². The fourth-order valence-corrected chi connectivity index (χ4v) is 3.21. The number of fused-ring (bicyclic) bond motifs is 3. The summed E-state index contributed by atoms with van der Waals surface area (Å²) in [6, 6.07) is 15.0. The van der Waals surface area contributed by atoms with Crippen molar-refractivity contribution >= 4 is 23.4 Å². The first kappa shape index (κ1) is 16.3. The number of rotatable bonds is 2. The molecule has 2 N–H and O–H groups in total. The van der Waals surface area contributed by atoms with Crippen LogP contribution in [0.1, 0.15) is 28.9 Å². The summed E-state index contributed by atoms with van der Waals surface area (Å²) in [6.07, 6.45) is -2.09. The average molecular weight is 368 g/mol. The lowest BCUT2D eigenvalue weighted by Gasteiger charge is -2.12. The predicted molar refractivity (Wildman–Crippen MR) is 97.1 cm³/mol. The van der Waals surface area contributed by atoms with E-state index in [0.717, 1.165) is 16.8 Å². The monoisotopic (exact) mass is 367 g/mol. The molecule has 1 aromatic heterocycles. The van der Waals surface area contributed by atoms with Gasteiger partial charge in [0.2, 0.25) is 0 Å². The molecule has 1 unspecified atom stereocenters. The molecule has 3 aromatic rings. The van der Waals surface area contributed by atoms with Gasteiger partial charge in [0.05, 0.1) is 11.4 Å². The average Bonchev–Trinajstić information content (AvgIpc) is 2.94. The van der Waals surface area contributed by atoms with E-state index >= 15 is 0 Å². The fraction of sp³-hybridized carbons (Fsp3) is 0.111. The van der Waals surface area contributed by atoms with Crippen LogP contribution in [-0.2, 0) is 0 Å². The van der Waals surface area contributed by atoms with E-state index < -0.39 is 12.3 Å². The number of amides is 1. The summed E-state index contributed by atoms with van der Waals surface area (Å²) in [7, 11) is 0. The summed E-state index contributed by atoms with van der Waals surface area (Å²) >= 11 is 6.24. The lowest BCUT2D eigenvalue weighted by molar-refractivity contribution is 0.189. The normalized spacial score (nSPS) is 15.5. The van der Waals surface area contributed by atoms with Gasteiger partial charge in [0, 0.05) is 16.1 Å². The Kier molecular flexibility index (Phi) is 3.93. The highest BCUT2D eigenvalue weighted by molar-refractivity contribution is 6.31. The van der Waals surface area contributed by atoms with Crippen molar-refractivity contribution < 1.29 is 9.90 Å². The standard InChI is InChI=1S/C18H14ClN5O2/c1-10-22-23-17-16(21-18(25)26)20-15(11-5-3-2-4-6-11)13-9-12(19)7-8-14(13)24(10)17/h2-9,16,21H,1H3,(H,25,26). The number of benzene rings is 2. The number of aliphatic imine (C=N–C) groups is 1. The molecule has 0 aliphatic carbocycles. The number of nitrogens with one attached hydrogen (secondary N) is 1. The highest BCUT2D eigenvalue weighted by atomic mass is 35.5. The summed E-state index contributed by atoms with van der Waals surface area (Å²) in [6.45, 7) is 1.81. The van der Waals surface area contributed by atoms with Gasteiger partial charge in [-0.1, -0.05) is 41.9 Å². The van der Waals surface area contributed by atoms with Gasteiger partial charge in [-0.05, 0) is 25.1 Å². The van der Waals surface area contributed by atoms with E-state index in [-0.39, 0.29) is 0 Å². The Morgan fingerprint density at radius 3 is 2.69 bits per heavy atom. The summed E-state index contributed by atoms with van der Waals surface area (Å²) < 4.78 is 1.80. The molecule has 0 saturated heterocycles. The van der Waals surface area contributed by atoms with Crippen molar-refractivity contribution in [1.29, 1.82) is 0 Å². The number of nitrogens with zero attached hydrogens (tertiary/aromatic N) is 4. The lowest BCUT2D eigenvalue weighted by Crippen LogP contribution is -2.27. The molecule has 7 nitrogen and oxygen atoms in total. The number of hydrogen-bond donors (Lipinski definition) is 2. The minimum Gasteiger partial charge on any atom is -0.465 e. The van der Waals surface area contributed by atoms with E-state index in [2.05, 4.69) is 20.5 Å². The van der Waals surface area contributed by atoms with Crippen LogP contribution >= 0.6 is 11.6 Å². The molecular weight excluding hydrogens is 354 g/mol. The molecule has 0 saturated carbocycles. The third-order valence-corrected chi connectivity index (χ3v) is 4.35. The minimum atomic E-state index is -1.19. The maximum absolute atomic E-state index is 11.3. The zero-order chi connectivity index (χ0) is 18.3. The Morgan fingerprint density at radius 2 is 1.96 bits per heavy atom. The number of aryl methyl sites for hydroxylation is 1. The number of carboxylic acid groups (broad SMARTS) is 1. The van der Waals surface area contributed by atoms with Gasteiger partial charge in [-0.2, -0.15) is 0 Å². The molecule has 2 heterocycles. The van der Waals surface area contributed by atoms with E-state index in [1.165, 1.54) is 0 Å². The number of halogens is 1. The molecule has 1 amide bonds. The third-order valence-electron chi connectivity index (χ3n) is 4.11. The quantitative estimate of drug-likeness (QED) is 0.726. The molecular formula is C18H14ClN5O2. The highest BCUT2D eigenvalue weighted by Crippen LogP contribution is 2.31. The maximum atomic E-state index is 11.3. The van der Waals surface area contributed by atoms with Gasteiger partial charge in [0.1, 0.15) is 5.82 Å². The van der Waals surface area contributed by atoms with Crippen LogP contribution in [0, 0.1) is 6.92 Å². The Hall–Kier alpha value is -3.19. The van der Waals surface area contributed by atoms with Gasteiger partial charge in [-0.3, -0.25) is 14.9 Å². The molecule has 8 heteroatoms. The molecule has 0 fully saturated rings. The molecule has 26 heavy (non-hydrogen) atoms. The largest absolute Gasteiger partial charge is 0.465 e. The van der Waals surface area contributed by atoms with E-state index in [4.69, 9.17) is 11.6 Å². The van der Waals surface area contributed by atoms with Crippen molar-refractivity contribution in [2.75, 3.05) is 0 Å². The Morgan fingerprint density at radius 1 is 1.19 bits per heavy atom. The zero-order valence-electron chi connectivity index (χ0n) is 13.7. The Bertz CT molecular complexity index is 1030. The van der Waals surface area contributed by atoms with Gasteiger partial charge in [0.25, 0.3) is 0 Å². The van der Waals surface area contributed by atoms with Crippen LogP contribution in [0.15, 0.2) is 53.5 Å². The van der Waals surface area contributed by atoms with Gasteiger partial charge in [-0.25, -0.2) is 4.79 Å². The SMILES string of the molecule is Cc1nnc2n1-c1ccc(Cl)cc1C(c1ccccc1)=NC2NC(=O)O. The van der Waals surface area contributed by atoms with Gasteiger partial charge in [-0.15, -0.1) is 10.2 Å². The number of hydrogen-bond acceptors (Lipinski definition) is 4. The number of carbonyl (C=O) groups is 1. The van der Waals surface area contributed by atoms with Crippen molar-refractivity contribution in [3.05, 3.63) is 76.3 Å². The first-order chi connectivity index (χ1) is 12.5. The van der Waals surface area contributed by atoms with Crippen LogP contribution in [0.2, 0.25) is 5.02 Å². The fourth-order valence-electron chi connectivity index (χ4n) is 3.04. The van der Waals surface area contributed by atoms with E-state index in [1.807, 2.05) is 42.5 Å². The molecule has 2 aromatic carbocycles. The van der Waals surface area contributed by atoms with Gasteiger partial charge in [0.15, 0.2) is 12.0 Å². The Labute approximate surface area is 154 Å². The van der Waals surface area contributed by atoms with Crippen LogP contribution < -0.4 is 5.32 Å². The summed E-state index contributed by atoms with van der Waals surface area (Å²) in [5.41, 5.74) is 3.06. The summed E-state index contributed by atoms with van der Waals surface area (Å²) in [5.74, 6) is 1.03. The highest BCUT2D eigenvalue weighted by Gasteiger charge is 2.29. The van der Waals surface area contributed by atoms with Crippen molar-refractivity contribution in [3.8, 4) is 5.69 Å². The van der Waals surface area contributed by atoms with E-state index in [0.29, 0.717) is 22.4 Å². The second kappa shape index (κ2) is 6.27. The second-order valence-electron chi connectivity index (χ2n) is 5.80. The van der Waals surface area contributed by atoms with Gasteiger partial charge < -0.3 is 5.11 Å².